The van der Waals surface area contributed by atoms with Crippen LogP contribution in [0.25, 0.3) is 5.69 Å². The van der Waals surface area contributed by atoms with Crippen molar-refractivity contribution in [2.24, 2.45) is 0 Å². The third kappa shape index (κ3) is 8.55. The van der Waals surface area contributed by atoms with Crippen LogP contribution in [-0.4, -0.2) is 94.3 Å². The van der Waals surface area contributed by atoms with Crippen molar-refractivity contribution in [1.29, 1.82) is 0 Å². The topological polar surface area (TPSA) is 111 Å². The summed E-state index contributed by atoms with van der Waals surface area (Å²) < 4.78 is 1.96. The summed E-state index contributed by atoms with van der Waals surface area (Å²) in [7, 11) is 0. The van der Waals surface area contributed by atoms with Crippen LogP contribution >= 0.6 is 0 Å². The molecule has 2 saturated heterocycles. The molecule has 1 aromatic heterocycles. The van der Waals surface area contributed by atoms with Crippen molar-refractivity contribution in [3.8, 4) is 5.69 Å². The number of hydrogen-bond donors (Lipinski definition) is 2. The minimum Gasteiger partial charge on any atom is -0.394 e. The molecule has 2 aliphatic rings. The third-order valence-electron chi connectivity index (χ3n) is 8.17. The lowest BCUT2D eigenvalue weighted by atomic mass is 10.1. The lowest BCUT2D eigenvalue weighted by molar-refractivity contribution is -0.133. The maximum absolute atomic E-state index is 12.7. The van der Waals surface area contributed by atoms with E-state index in [9.17, 15) is 19.5 Å². The van der Waals surface area contributed by atoms with E-state index >= 15 is 0 Å². The third-order valence-corrected chi connectivity index (χ3v) is 8.17. The molecule has 1 unspecified atom stereocenters. The number of carbonyl (C=O) groups is 3. The molecule has 10 nitrogen and oxygen atoms in total. The fraction of sp³-hybridized carbons (Fsp3) is 0.613. The van der Waals surface area contributed by atoms with Gasteiger partial charge in [0.15, 0.2) is 0 Å². The lowest BCUT2D eigenvalue weighted by Gasteiger charge is -2.36. The summed E-state index contributed by atoms with van der Waals surface area (Å²) in [4.78, 5) is 43.3. The van der Waals surface area contributed by atoms with Crippen LogP contribution in [0.5, 0.6) is 0 Å². The van der Waals surface area contributed by atoms with Crippen LogP contribution in [0.3, 0.4) is 0 Å². The number of aromatic nitrogens is 2. The van der Waals surface area contributed by atoms with Crippen molar-refractivity contribution in [1.82, 2.24) is 24.9 Å². The highest BCUT2D eigenvalue weighted by Crippen LogP contribution is 2.22. The van der Waals surface area contributed by atoms with E-state index in [0.29, 0.717) is 45.3 Å². The number of likely N-dealkylation sites (tertiary alicyclic amines) is 1. The van der Waals surface area contributed by atoms with Gasteiger partial charge in [-0.2, -0.15) is 5.10 Å². The molecule has 0 spiro atoms. The van der Waals surface area contributed by atoms with Gasteiger partial charge in [0.25, 0.3) is 0 Å². The van der Waals surface area contributed by atoms with Gasteiger partial charge >= 0.3 is 0 Å². The van der Waals surface area contributed by atoms with Gasteiger partial charge in [-0.1, -0.05) is 12.5 Å². The Balaban J connectivity index is 1.07. The summed E-state index contributed by atoms with van der Waals surface area (Å²) in [5.74, 6) is 0.213. The van der Waals surface area contributed by atoms with E-state index in [1.165, 1.54) is 0 Å². The maximum Gasteiger partial charge on any atom is 0.222 e. The molecule has 2 fully saturated rings. The molecule has 2 aliphatic heterocycles. The number of benzene rings is 1. The number of piperazine rings is 1. The Hall–Kier alpha value is -3.40. The zero-order valence-electron chi connectivity index (χ0n) is 24.7. The number of aliphatic hydroxyl groups is 1. The largest absolute Gasteiger partial charge is 0.394 e. The Kier molecular flexibility index (Phi) is 11.2. The summed E-state index contributed by atoms with van der Waals surface area (Å²) in [6, 6.07) is 10.4. The van der Waals surface area contributed by atoms with Crippen LogP contribution in [-0.2, 0) is 14.4 Å². The van der Waals surface area contributed by atoms with Crippen molar-refractivity contribution in [3.63, 3.8) is 0 Å². The Morgan fingerprint density at radius 3 is 2.39 bits per heavy atom. The second-order valence-electron chi connectivity index (χ2n) is 11.3. The maximum atomic E-state index is 12.7. The van der Waals surface area contributed by atoms with Gasteiger partial charge in [0.1, 0.15) is 0 Å². The van der Waals surface area contributed by atoms with Crippen molar-refractivity contribution in [3.05, 3.63) is 41.7 Å². The van der Waals surface area contributed by atoms with Crippen LogP contribution < -0.4 is 10.2 Å². The number of rotatable bonds is 13. The Morgan fingerprint density at radius 1 is 0.902 bits per heavy atom. The van der Waals surface area contributed by atoms with Gasteiger partial charge < -0.3 is 25.1 Å². The number of carbonyl (C=O) groups excluding carboxylic acids is 3. The molecule has 0 radical (unpaired) electrons. The number of aryl methyl sites for hydroxylation is 2. The molecule has 3 heterocycles. The van der Waals surface area contributed by atoms with E-state index in [0.717, 1.165) is 74.5 Å². The fourth-order valence-corrected chi connectivity index (χ4v) is 5.88. The minimum absolute atomic E-state index is 0.0106. The summed E-state index contributed by atoms with van der Waals surface area (Å²) in [5, 5.41) is 16.9. The van der Waals surface area contributed by atoms with Crippen molar-refractivity contribution in [2.75, 3.05) is 50.8 Å². The predicted molar refractivity (Wildman–Crippen MR) is 159 cm³/mol. The number of nitrogens with one attached hydrogen (secondary N) is 1. The van der Waals surface area contributed by atoms with E-state index in [4.69, 9.17) is 0 Å². The molecular formula is C31H46N6O4. The number of nitrogens with zero attached hydrogens (tertiary/aromatic N) is 5. The molecule has 3 amide bonds. The van der Waals surface area contributed by atoms with Crippen LogP contribution in [0, 0.1) is 13.8 Å². The number of unbranched alkanes of at least 4 members (excludes halogenated alkanes) is 2. The van der Waals surface area contributed by atoms with Gasteiger partial charge in [-0.25, -0.2) is 4.68 Å². The van der Waals surface area contributed by atoms with E-state index in [-0.39, 0.29) is 30.4 Å². The highest BCUT2D eigenvalue weighted by molar-refractivity contribution is 5.79. The highest BCUT2D eigenvalue weighted by atomic mass is 16.3. The van der Waals surface area contributed by atoms with Gasteiger partial charge in [-0.15, -0.1) is 0 Å². The smallest absolute Gasteiger partial charge is 0.222 e. The first-order valence-electron chi connectivity index (χ1n) is 15.2. The normalized spacial score (nSPS) is 17.2. The van der Waals surface area contributed by atoms with Crippen LogP contribution in [0.1, 0.15) is 69.2 Å². The average Bonchev–Trinajstić information content (AvgIpc) is 3.60. The molecule has 0 bridgehead atoms. The number of amides is 3. The fourth-order valence-electron chi connectivity index (χ4n) is 5.88. The van der Waals surface area contributed by atoms with Crippen LogP contribution in [0.2, 0.25) is 0 Å². The van der Waals surface area contributed by atoms with Crippen molar-refractivity contribution < 1.29 is 19.5 Å². The van der Waals surface area contributed by atoms with Gasteiger partial charge in [-0.3, -0.25) is 14.4 Å². The first kappa shape index (κ1) is 30.6. The van der Waals surface area contributed by atoms with Gasteiger partial charge in [-0.05, 0) is 70.2 Å². The summed E-state index contributed by atoms with van der Waals surface area (Å²) in [6.07, 6.45) is 6.13. The van der Waals surface area contributed by atoms with Crippen molar-refractivity contribution in [2.45, 2.75) is 77.7 Å². The average molecular weight is 567 g/mol. The second-order valence-corrected chi connectivity index (χ2v) is 11.3. The predicted octanol–water partition coefficient (Wildman–Crippen LogP) is 2.97. The van der Waals surface area contributed by atoms with E-state index in [1.54, 1.807) is 0 Å². The second kappa shape index (κ2) is 15.0. The molecule has 0 saturated carbocycles. The standard InChI is InChI=1S/C31H46N6O4/c1-24-21-25(2)37(33-24)27-10-6-9-26(22-27)34-17-19-35(20-18-34)30(40)14-7-12-29(39)32-15-5-3-4-13-31(41)36-16-8-11-28(36)23-38/h6,9-10,21-22,28,38H,3-5,7-8,11-20,23H2,1-2H3,(H,32,39). The molecular weight excluding hydrogens is 520 g/mol. The first-order valence-corrected chi connectivity index (χ1v) is 15.2. The first-order chi connectivity index (χ1) is 19.9. The quantitative estimate of drug-likeness (QED) is 0.361. The molecule has 4 rings (SSSR count). The Labute approximate surface area is 243 Å². The van der Waals surface area contributed by atoms with Crippen molar-refractivity contribution >= 4 is 23.4 Å². The van der Waals surface area contributed by atoms with Gasteiger partial charge in [0.2, 0.25) is 17.7 Å². The summed E-state index contributed by atoms with van der Waals surface area (Å²) in [6.45, 7) is 8.34. The van der Waals surface area contributed by atoms with Crippen LogP contribution in [0.15, 0.2) is 30.3 Å². The lowest BCUT2D eigenvalue weighted by Crippen LogP contribution is -2.48. The Bertz CT molecular complexity index is 1170. The molecule has 1 atom stereocenters. The zero-order chi connectivity index (χ0) is 29.2. The molecule has 10 heteroatoms. The molecule has 0 aliphatic carbocycles. The Morgan fingerprint density at radius 2 is 1.66 bits per heavy atom. The number of hydrogen-bond acceptors (Lipinski definition) is 6. The van der Waals surface area contributed by atoms with E-state index in [1.807, 2.05) is 27.5 Å². The highest BCUT2D eigenvalue weighted by Gasteiger charge is 2.27. The van der Waals surface area contributed by atoms with Crippen LogP contribution in [0.4, 0.5) is 5.69 Å². The minimum atomic E-state index is -0.0240. The molecule has 224 valence electrons. The van der Waals surface area contributed by atoms with Gasteiger partial charge in [0.05, 0.1) is 24.0 Å². The molecule has 1 aromatic carbocycles. The van der Waals surface area contributed by atoms with E-state index in [2.05, 4.69) is 46.5 Å². The zero-order valence-corrected chi connectivity index (χ0v) is 24.7. The molecule has 2 N–H and O–H groups in total. The number of aliphatic hydroxyl groups excluding tert-OH is 1. The molecule has 41 heavy (non-hydrogen) atoms. The molecule has 2 aromatic rings. The summed E-state index contributed by atoms with van der Waals surface area (Å²) >= 11 is 0. The van der Waals surface area contributed by atoms with E-state index < -0.39 is 0 Å². The summed E-state index contributed by atoms with van der Waals surface area (Å²) in [5.41, 5.74) is 4.26. The number of anilines is 1. The SMILES string of the molecule is Cc1cc(C)n(-c2cccc(N3CCN(C(=O)CCCC(=O)NCCCCCC(=O)N4CCCC4CO)CC3)c2)n1. The van der Waals surface area contributed by atoms with Gasteiger partial charge in [0, 0.05) is 69.9 Å². The monoisotopic (exact) mass is 566 g/mol.